The standard InChI is InChI=1S/C14H26N2/c1-13(7-8-13)11-16-10-9-15-14(12-16)5-3-2-4-6-14/h15H,2-12H2,1H3. The van der Waals surface area contributed by atoms with E-state index < -0.39 is 0 Å². The Kier molecular flexibility index (Phi) is 2.75. The van der Waals surface area contributed by atoms with Crippen LogP contribution < -0.4 is 5.32 Å². The van der Waals surface area contributed by atoms with E-state index in [0.717, 1.165) is 0 Å². The predicted octanol–water partition coefficient (Wildman–Crippen LogP) is 2.39. The van der Waals surface area contributed by atoms with E-state index >= 15 is 0 Å². The van der Waals surface area contributed by atoms with Crippen LogP contribution in [0.3, 0.4) is 0 Å². The molecule has 2 nitrogen and oxygen atoms in total. The highest BCUT2D eigenvalue weighted by molar-refractivity contribution is 4.99. The van der Waals surface area contributed by atoms with Gasteiger partial charge in [-0.1, -0.05) is 26.2 Å². The lowest BCUT2D eigenvalue weighted by Crippen LogP contribution is -2.61. The van der Waals surface area contributed by atoms with E-state index in [1.54, 1.807) is 0 Å². The van der Waals surface area contributed by atoms with Crippen LogP contribution in [-0.2, 0) is 0 Å². The van der Waals surface area contributed by atoms with Gasteiger partial charge in [-0.15, -0.1) is 0 Å². The third-order valence-corrected chi connectivity index (χ3v) is 4.97. The molecule has 1 aliphatic heterocycles. The van der Waals surface area contributed by atoms with Crippen LogP contribution in [0, 0.1) is 5.41 Å². The molecule has 3 fully saturated rings. The quantitative estimate of drug-likeness (QED) is 0.772. The van der Waals surface area contributed by atoms with Crippen molar-refractivity contribution in [3.05, 3.63) is 0 Å². The maximum Gasteiger partial charge on any atom is 0.0309 e. The molecule has 1 spiro atoms. The Labute approximate surface area is 99.8 Å². The Bertz CT molecular complexity index is 246. The van der Waals surface area contributed by atoms with Gasteiger partial charge in [-0.25, -0.2) is 0 Å². The van der Waals surface area contributed by atoms with Gasteiger partial charge in [0.1, 0.15) is 0 Å². The molecule has 0 radical (unpaired) electrons. The maximum absolute atomic E-state index is 3.83. The van der Waals surface area contributed by atoms with Gasteiger partial charge in [0.25, 0.3) is 0 Å². The lowest BCUT2D eigenvalue weighted by atomic mass is 9.80. The fourth-order valence-electron chi connectivity index (χ4n) is 3.65. The summed E-state index contributed by atoms with van der Waals surface area (Å²) in [6.45, 7) is 7.63. The fraction of sp³-hybridized carbons (Fsp3) is 1.00. The van der Waals surface area contributed by atoms with Gasteiger partial charge in [-0.3, -0.25) is 4.90 Å². The summed E-state index contributed by atoms with van der Waals surface area (Å²) in [5, 5.41) is 3.83. The van der Waals surface area contributed by atoms with E-state index in [-0.39, 0.29) is 0 Å². The lowest BCUT2D eigenvalue weighted by Gasteiger charge is -2.46. The van der Waals surface area contributed by atoms with Crippen LogP contribution >= 0.6 is 0 Å². The van der Waals surface area contributed by atoms with E-state index in [1.165, 1.54) is 71.1 Å². The molecule has 1 saturated heterocycles. The Morgan fingerprint density at radius 3 is 2.50 bits per heavy atom. The first-order chi connectivity index (χ1) is 7.70. The van der Waals surface area contributed by atoms with Crippen LogP contribution in [0.4, 0.5) is 0 Å². The molecule has 2 saturated carbocycles. The van der Waals surface area contributed by atoms with Gasteiger partial charge >= 0.3 is 0 Å². The van der Waals surface area contributed by atoms with Gasteiger partial charge in [0.05, 0.1) is 0 Å². The van der Waals surface area contributed by atoms with Gasteiger partial charge in [-0.05, 0) is 31.1 Å². The number of nitrogens with zero attached hydrogens (tertiary/aromatic N) is 1. The zero-order chi connectivity index (χ0) is 11.1. The molecule has 1 N–H and O–H groups in total. The van der Waals surface area contributed by atoms with Gasteiger partial charge in [-0.2, -0.15) is 0 Å². The molecule has 0 unspecified atom stereocenters. The lowest BCUT2D eigenvalue weighted by molar-refractivity contribution is 0.0861. The zero-order valence-electron chi connectivity index (χ0n) is 10.7. The van der Waals surface area contributed by atoms with E-state index in [1.807, 2.05) is 0 Å². The first-order valence-corrected chi connectivity index (χ1v) is 7.17. The van der Waals surface area contributed by atoms with Crippen LogP contribution in [0.15, 0.2) is 0 Å². The van der Waals surface area contributed by atoms with Crippen molar-refractivity contribution in [2.75, 3.05) is 26.2 Å². The molecule has 3 rings (SSSR count). The number of hydrogen-bond donors (Lipinski definition) is 1. The third kappa shape index (κ3) is 2.28. The SMILES string of the molecule is CC1(CN2CCNC3(CCCCC3)C2)CC1. The molecule has 3 aliphatic rings. The van der Waals surface area contributed by atoms with Gasteiger partial charge in [0, 0.05) is 31.7 Å². The van der Waals surface area contributed by atoms with E-state index in [4.69, 9.17) is 0 Å². The Morgan fingerprint density at radius 1 is 1.06 bits per heavy atom. The molecule has 1 heterocycles. The van der Waals surface area contributed by atoms with Crippen LogP contribution in [0.5, 0.6) is 0 Å². The summed E-state index contributed by atoms with van der Waals surface area (Å²) < 4.78 is 0. The average molecular weight is 222 g/mol. The van der Waals surface area contributed by atoms with E-state index in [9.17, 15) is 0 Å². The summed E-state index contributed by atoms with van der Waals surface area (Å²) >= 11 is 0. The van der Waals surface area contributed by atoms with E-state index in [0.29, 0.717) is 11.0 Å². The Balaban J connectivity index is 1.60. The van der Waals surface area contributed by atoms with Crippen molar-refractivity contribution in [2.24, 2.45) is 5.41 Å². The monoisotopic (exact) mass is 222 g/mol. The van der Waals surface area contributed by atoms with Crippen molar-refractivity contribution in [2.45, 2.75) is 57.4 Å². The fourth-order valence-corrected chi connectivity index (χ4v) is 3.65. The molecule has 0 aromatic carbocycles. The summed E-state index contributed by atoms with van der Waals surface area (Å²) in [6, 6.07) is 0. The topological polar surface area (TPSA) is 15.3 Å². The first kappa shape index (κ1) is 11.0. The number of hydrogen-bond acceptors (Lipinski definition) is 2. The van der Waals surface area contributed by atoms with E-state index in [2.05, 4.69) is 17.1 Å². The molecular formula is C14H26N2. The second-order valence-electron chi connectivity index (χ2n) is 6.79. The van der Waals surface area contributed by atoms with Crippen LogP contribution in [0.25, 0.3) is 0 Å². The van der Waals surface area contributed by atoms with Crippen molar-refractivity contribution in [3.63, 3.8) is 0 Å². The summed E-state index contributed by atoms with van der Waals surface area (Å²) in [5.74, 6) is 0. The smallest absolute Gasteiger partial charge is 0.0309 e. The number of nitrogens with one attached hydrogen (secondary N) is 1. The van der Waals surface area contributed by atoms with Crippen molar-refractivity contribution >= 4 is 0 Å². The summed E-state index contributed by atoms with van der Waals surface area (Å²) in [7, 11) is 0. The van der Waals surface area contributed by atoms with Crippen LogP contribution in [0.1, 0.15) is 51.9 Å². The average Bonchev–Trinajstić information content (AvgIpc) is 2.97. The van der Waals surface area contributed by atoms with Crippen LogP contribution in [-0.4, -0.2) is 36.6 Å². The highest BCUT2D eigenvalue weighted by atomic mass is 15.2. The molecule has 0 atom stereocenters. The molecule has 0 aromatic rings. The molecular weight excluding hydrogens is 196 g/mol. The minimum atomic E-state index is 0.502. The second kappa shape index (κ2) is 3.99. The first-order valence-electron chi connectivity index (χ1n) is 7.17. The summed E-state index contributed by atoms with van der Waals surface area (Å²) in [4.78, 5) is 2.74. The second-order valence-corrected chi connectivity index (χ2v) is 6.79. The van der Waals surface area contributed by atoms with Crippen molar-refractivity contribution < 1.29 is 0 Å². The Morgan fingerprint density at radius 2 is 1.81 bits per heavy atom. The maximum atomic E-state index is 3.83. The van der Waals surface area contributed by atoms with Crippen molar-refractivity contribution in [1.29, 1.82) is 0 Å². The normalized spacial score (nSPS) is 32.8. The molecule has 2 aliphatic carbocycles. The van der Waals surface area contributed by atoms with Gasteiger partial charge in [0.15, 0.2) is 0 Å². The number of rotatable bonds is 2. The minimum Gasteiger partial charge on any atom is -0.309 e. The zero-order valence-corrected chi connectivity index (χ0v) is 10.7. The molecule has 0 amide bonds. The molecule has 0 aromatic heterocycles. The predicted molar refractivity (Wildman–Crippen MR) is 67.6 cm³/mol. The largest absolute Gasteiger partial charge is 0.309 e. The molecule has 16 heavy (non-hydrogen) atoms. The third-order valence-electron chi connectivity index (χ3n) is 4.97. The van der Waals surface area contributed by atoms with Gasteiger partial charge < -0.3 is 5.32 Å². The highest BCUT2D eigenvalue weighted by Gasteiger charge is 2.42. The Hall–Kier alpha value is -0.0800. The molecule has 2 heteroatoms. The van der Waals surface area contributed by atoms with Crippen molar-refractivity contribution in [3.8, 4) is 0 Å². The van der Waals surface area contributed by atoms with Crippen molar-refractivity contribution in [1.82, 2.24) is 10.2 Å². The van der Waals surface area contributed by atoms with Gasteiger partial charge in [0.2, 0.25) is 0 Å². The summed E-state index contributed by atoms with van der Waals surface area (Å²) in [6.07, 6.45) is 10.1. The van der Waals surface area contributed by atoms with Crippen LogP contribution in [0.2, 0.25) is 0 Å². The molecule has 0 bridgehead atoms. The highest BCUT2D eigenvalue weighted by Crippen LogP contribution is 2.46. The summed E-state index contributed by atoms with van der Waals surface area (Å²) in [5.41, 5.74) is 1.19. The number of piperazine rings is 1. The minimum absolute atomic E-state index is 0.502. The molecule has 92 valence electrons.